The van der Waals surface area contributed by atoms with Gasteiger partial charge in [-0.15, -0.1) is 0 Å². The molecule has 0 N–H and O–H groups in total. The van der Waals surface area contributed by atoms with Gasteiger partial charge >= 0.3 is 0 Å². The van der Waals surface area contributed by atoms with Crippen LogP contribution in [0.25, 0.3) is 71.5 Å². The van der Waals surface area contributed by atoms with Gasteiger partial charge in [0.25, 0.3) is 0 Å². The first-order valence-corrected chi connectivity index (χ1v) is 13.4. The van der Waals surface area contributed by atoms with E-state index < -0.39 is 0 Å². The van der Waals surface area contributed by atoms with Gasteiger partial charge in [-0.1, -0.05) is 107 Å². The molecule has 2 aromatic heterocycles. The summed E-state index contributed by atoms with van der Waals surface area (Å²) in [6.07, 6.45) is 0. The van der Waals surface area contributed by atoms with Crippen LogP contribution in [-0.4, -0.2) is 14.5 Å². The largest absolute Gasteiger partial charge is 0.278 e. The number of benzene rings is 6. The third-order valence-electron chi connectivity index (χ3n) is 7.44. The Balaban J connectivity index is 1.57. The summed E-state index contributed by atoms with van der Waals surface area (Å²) < 4.78 is 3.27. The van der Waals surface area contributed by atoms with E-state index in [4.69, 9.17) is 9.97 Å². The highest BCUT2D eigenvalue weighted by Gasteiger charge is 2.19. The molecule has 8 aromatic rings. The average molecular weight is 550 g/mol. The quantitative estimate of drug-likeness (QED) is 0.201. The zero-order chi connectivity index (χ0) is 25.2. The van der Waals surface area contributed by atoms with Crippen LogP contribution in [0.4, 0.5) is 0 Å². The highest BCUT2D eigenvalue weighted by molar-refractivity contribution is 9.10. The van der Waals surface area contributed by atoms with Gasteiger partial charge in [0, 0.05) is 31.6 Å². The number of rotatable bonds is 2. The molecule has 0 bridgehead atoms. The second kappa shape index (κ2) is 8.23. The van der Waals surface area contributed by atoms with Crippen molar-refractivity contribution >= 4 is 70.2 Å². The Hall–Kier alpha value is -4.54. The van der Waals surface area contributed by atoms with Crippen LogP contribution in [-0.2, 0) is 0 Å². The lowest BCUT2D eigenvalue weighted by atomic mass is 10.0. The first-order chi connectivity index (χ1) is 18.8. The second-order valence-electron chi connectivity index (χ2n) is 9.60. The zero-order valence-electron chi connectivity index (χ0n) is 20.3. The van der Waals surface area contributed by atoms with Crippen LogP contribution < -0.4 is 0 Å². The molecule has 2 heterocycles. The minimum Gasteiger partial charge on any atom is -0.278 e. The van der Waals surface area contributed by atoms with Gasteiger partial charge in [-0.05, 0) is 46.5 Å². The predicted octanol–water partition coefficient (Wildman–Crippen LogP) is 9.46. The van der Waals surface area contributed by atoms with E-state index in [9.17, 15) is 0 Å². The summed E-state index contributed by atoms with van der Waals surface area (Å²) in [6, 6.07) is 42.6. The van der Waals surface area contributed by atoms with E-state index in [0.717, 1.165) is 43.1 Å². The molecular weight excluding hydrogens is 530 g/mol. The van der Waals surface area contributed by atoms with Crippen LogP contribution in [0.1, 0.15) is 0 Å². The summed E-state index contributed by atoms with van der Waals surface area (Å²) in [4.78, 5) is 10.5. The average Bonchev–Trinajstić information content (AvgIpc) is 3.31. The molecule has 6 aromatic carbocycles. The summed E-state index contributed by atoms with van der Waals surface area (Å²) in [5, 5.41) is 8.17. The monoisotopic (exact) mass is 549 g/mol. The van der Waals surface area contributed by atoms with Gasteiger partial charge < -0.3 is 0 Å². The second-order valence-corrected chi connectivity index (χ2v) is 10.5. The van der Waals surface area contributed by atoms with Crippen LogP contribution in [0.5, 0.6) is 0 Å². The smallest absolute Gasteiger partial charge is 0.235 e. The van der Waals surface area contributed by atoms with Crippen LogP contribution in [0.3, 0.4) is 0 Å². The van der Waals surface area contributed by atoms with E-state index in [0.29, 0.717) is 5.95 Å². The number of halogens is 1. The van der Waals surface area contributed by atoms with Crippen molar-refractivity contribution in [3.05, 3.63) is 126 Å². The lowest BCUT2D eigenvalue weighted by Crippen LogP contribution is -2.03. The Kier molecular flexibility index (Phi) is 4.67. The Morgan fingerprint density at radius 3 is 2.05 bits per heavy atom. The van der Waals surface area contributed by atoms with Crippen molar-refractivity contribution in [1.29, 1.82) is 0 Å². The van der Waals surface area contributed by atoms with E-state index in [1.165, 1.54) is 26.9 Å². The van der Waals surface area contributed by atoms with E-state index in [1.807, 2.05) is 6.07 Å². The molecular formula is C34H20BrN3. The number of aromatic nitrogens is 3. The topological polar surface area (TPSA) is 30.7 Å². The molecule has 0 spiro atoms. The molecule has 3 nitrogen and oxygen atoms in total. The predicted molar refractivity (Wildman–Crippen MR) is 162 cm³/mol. The van der Waals surface area contributed by atoms with Crippen molar-refractivity contribution in [2.24, 2.45) is 0 Å². The molecule has 0 saturated carbocycles. The van der Waals surface area contributed by atoms with Gasteiger partial charge in [-0.25, -0.2) is 9.97 Å². The van der Waals surface area contributed by atoms with Crippen molar-refractivity contribution in [3.8, 4) is 17.2 Å². The molecule has 8 rings (SSSR count). The molecule has 0 aliphatic rings. The van der Waals surface area contributed by atoms with E-state index in [1.54, 1.807) is 0 Å². The minimum atomic E-state index is 0.672. The summed E-state index contributed by atoms with van der Waals surface area (Å²) in [5.41, 5.74) is 5.14. The van der Waals surface area contributed by atoms with Crippen LogP contribution >= 0.6 is 15.9 Å². The molecule has 0 radical (unpaired) electrons. The molecule has 0 fully saturated rings. The third-order valence-corrected chi connectivity index (χ3v) is 7.94. The van der Waals surface area contributed by atoms with Crippen molar-refractivity contribution < 1.29 is 0 Å². The number of hydrogen-bond acceptors (Lipinski definition) is 2. The molecule has 4 heteroatoms. The van der Waals surface area contributed by atoms with Gasteiger partial charge in [-0.3, -0.25) is 4.57 Å². The fourth-order valence-electron chi connectivity index (χ4n) is 5.75. The Morgan fingerprint density at radius 1 is 0.526 bits per heavy atom. The Bertz CT molecular complexity index is 2200. The maximum absolute atomic E-state index is 5.27. The highest BCUT2D eigenvalue weighted by Crippen LogP contribution is 2.39. The molecule has 0 aliphatic carbocycles. The van der Waals surface area contributed by atoms with Crippen molar-refractivity contribution in [1.82, 2.24) is 14.5 Å². The molecule has 0 saturated heterocycles. The van der Waals surface area contributed by atoms with Crippen LogP contribution in [0.2, 0.25) is 0 Å². The summed E-state index contributed by atoms with van der Waals surface area (Å²) in [5.74, 6) is 0.672. The van der Waals surface area contributed by atoms with Gasteiger partial charge in [0.2, 0.25) is 5.95 Å². The fourth-order valence-corrected chi connectivity index (χ4v) is 6.11. The molecule has 0 aliphatic heterocycles. The van der Waals surface area contributed by atoms with Crippen molar-refractivity contribution in [2.75, 3.05) is 0 Å². The van der Waals surface area contributed by atoms with Crippen LogP contribution in [0, 0.1) is 0 Å². The molecule has 0 unspecified atom stereocenters. The number of hydrogen-bond donors (Lipinski definition) is 0. The standard InChI is InChI=1S/C34H20BrN3/c35-24-16-19-29-28(20-24)31-25-12-6-4-8-21(25)15-18-30(31)38(29)34-36-32(23-10-2-1-3-11-23)27-17-14-22-9-5-7-13-26(22)33(27)37-34/h1-20H. The SMILES string of the molecule is Brc1ccc2c(c1)c1c3ccccc3ccc1n2-c1nc(-c2ccccc2)c2ccc3ccccc3c2n1. The zero-order valence-corrected chi connectivity index (χ0v) is 21.9. The number of nitrogens with zero attached hydrogens (tertiary/aromatic N) is 3. The van der Waals surface area contributed by atoms with Crippen molar-refractivity contribution in [3.63, 3.8) is 0 Å². The van der Waals surface area contributed by atoms with E-state index >= 15 is 0 Å². The van der Waals surface area contributed by atoms with Crippen LogP contribution in [0.15, 0.2) is 126 Å². The first kappa shape index (κ1) is 21.5. The lowest BCUT2D eigenvalue weighted by Gasteiger charge is -2.13. The highest BCUT2D eigenvalue weighted by atomic mass is 79.9. The maximum atomic E-state index is 5.27. The van der Waals surface area contributed by atoms with Gasteiger partial charge in [-0.2, -0.15) is 0 Å². The summed E-state index contributed by atoms with van der Waals surface area (Å²) in [6.45, 7) is 0. The first-order valence-electron chi connectivity index (χ1n) is 12.6. The Morgan fingerprint density at radius 2 is 1.21 bits per heavy atom. The van der Waals surface area contributed by atoms with Gasteiger partial charge in [0.05, 0.1) is 22.2 Å². The molecule has 0 amide bonds. The minimum absolute atomic E-state index is 0.672. The number of fused-ring (bicyclic) bond motifs is 8. The summed E-state index contributed by atoms with van der Waals surface area (Å²) >= 11 is 3.71. The van der Waals surface area contributed by atoms with E-state index in [-0.39, 0.29) is 0 Å². The lowest BCUT2D eigenvalue weighted by molar-refractivity contribution is 1.02. The van der Waals surface area contributed by atoms with E-state index in [2.05, 4.69) is 136 Å². The normalized spacial score (nSPS) is 11.8. The van der Waals surface area contributed by atoms with Gasteiger partial charge in [0.1, 0.15) is 0 Å². The molecule has 0 atom stereocenters. The molecule has 38 heavy (non-hydrogen) atoms. The van der Waals surface area contributed by atoms with Crippen molar-refractivity contribution in [2.45, 2.75) is 0 Å². The fraction of sp³-hybridized carbons (Fsp3) is 0. The maximum Gasteiger partial charge on any atom is 0.235 e. The summed E-state index contributed by atoms with van der Waals surface area (Å²) in [7, 11) is 0. The Labute approximate surface area is 227 Å². The molecule has 178 valence electrons. The third kappa shape index (κ3) is 3.14. The van der Waals surface area contributed by atoms with Gasteiger partial charge in [0.15, 0.2) is 0 Å².